The van der Waals surface area contributed by atoms with Gasteiger partial charge in [0.2, 0.25) is 0 Å². The van der Waals surface area contributed by atoms with Gasteiger partial charge >= 0.3 is 0 Å². The Balaban J connectivity index is 1.82. The van der Waals surface area contributed by atoms with Gasteiger partial charge in [-0.3, -0.25) is 0 Å². The fraction of sp³-hybridized carbons (Fsp3) is 0. The molecule has 0 aliphatic carbocycles. The number of hydrogen-bond donors (Lipinski definition) is 1. The summed E-state index contributed by atoms with van der Waals surface area (Å²) in [4.78, 5) is 0. The fourth-order valence-corrected chi connectivity index (χ4v) is 3.18. The quantitative estimate of drug-likeness (QED) is 0.413. The zero-order valence-corrected chi connectivity index (χ0v) is 15.1. The van der Waals surface area contributed by atoms with Crippen LogP contribution < -0.4 is 5.32 Å². The molecule has 1 N–H and O–H groups in total. The molecule has 4 aromatic rings. The predicted octanol–water partition coefficient (Wildman–Crippen LogP) is 6.65. The Morgan fingerprint density at radius 3 is 2.00 bits per heavy atom. The summed E-state index contributed by atoms with van der Waals surface area (Å²) in [7, 11) is 0. The second-order valence-corrected chi connectivity index (χ2v) is 6.70. The lowest BCUT2D eigenvalue weighted by Gasteiger charge is -2.13. The predicted molar refractivity (Wildman–Crippen MR) is 109 cm³/mol. The van der Waals surface area contributed by atoms with Gasteiger partial charge < -0.3 is 9.88 Å². The molecule has 0 radical (unpaired) electrons. The first kappa shape index (κ1) is 15.7. The molecule has 0 spiro atoms. The first-order valence-electron chi connectivity index (χ1n) is 8.16. The van der Waals surface area contributed by atoms with Crippen LogP contribution in [0.2, 0.25) is 0 Å². The van der Waals surface area contributed by atoms with Gasteiger partial charge in [-0.05, 0) is 42.5 Å². The number of anilines is 2. The van der Waals surface area contributed by atoms with Crippen LogP contribution in [0.1, 0.15) is 0 Å². The Labute approximate surface area is 155 Å². The summed E-state index contributed by atoms with van der Waals surface area (Å²) in [6, 6.07) is 31.2. The molecule has 0 saturated carbocycles. The molecule has 0 fully saturated rings. The van der Waals surface area contributed by atoms with Crippen molar-refractivity contribution >= 4 is 27.3 Å². The van der Waals surface area contributed by atoms with Crippen molar-refractivity contribution in [2.24, 2.45) is 0 Å². The molecular formula is C22H17BrN2. The molecule has 0 atom stereocenters. The molecule has 3 heteroatoms. The topological polar surface area (TPSA) is 17.0 Å². The second kappa shape index (κ2) is 6.99. The summed E-state index contributed by atoms with van der Waals surface area (Å²) in [6.07, 6.45) is 2.11. The molecule has 122 valence electrons. The normalized spacial score (nSPS) is 10.6. The van der Waals surface area contributed by atoms with Crippen LogP contribution in [0.3, 0.4) is 0 Å². The lowest BCUT2D eigenvalue weighted by molar-refractivity contribution is 1.09. The third kappa shape index (κ3) is 3.37. The Kier molecular flexibility index (Phi) is 4.40. The van der Waals surface area contributed by atoms with Crippen molar-refractivity contribution in [3.05, 3.63) is 102 Å². The van der Waals surface area contributed by atoms with Crippen LogP contribution in [0.15, 0.2) is 102 Å². The summed E-state index contributed by atoms with van der Waals surface area (Å²) in [5.74, 6) is 0. The van der Waals surface area contributed by atoms with Gasteiger partial charge in [0.05, 0.1) is 11.4 Å². The van der Waals surface area contributed by atoms with Crippen molar-refractivity contribution in [2.45, 2.75) is 0 Å². The first-order valence-corrected chi connectivity index (χ1v) is 8.95. The van der Waals surface area contributed by atoms with Gasteiger partial charge in [-0.2, -0.15) is 0 Å². The monoisotopic (exact) mass is 388 g/mol. The number of para-hydroxylation sites is 1. The highest BCUT2D eigenvalue weighted by Crippen LogP contribution is 2.34. The number of nitrogens with zero attached hydrogens (tertiary/aromatic N) is 1. The molecular weight excluding hydrogens is 372 g/mol. The van der Waals surface area contributed by atoms with E-state index in [0.717, 1.165) is 27.2 Å². The number of rotatable bonds is 4. The number of benzene rings is 3. The minimum Gasteiger partial charge on any atom is -0.354 e. The van der Waals surface area contributed by atoms with Gasteiger partial charge in [0.1, 0.15) is 0 Å². The van der Waals surface area contributed by atoms with Crippen molar-refractivity contribution < 1.29 is 0 Å². The maximum atomic E-state index is 3.55. The maximum absolute atomic E-state index is 3.55. The zero-order chi connectivity index (χ0) is 17.1. The van der Waals surface area contributed by atoms with Gasteiger partial charge in [0, 0.05) is 27.6 Å². The van der Waals surface area contributed by atoms with Gasteiger partial charge in [-0.15, -0.1) is 0 Å². The van der Waals surface area contributed by atoms with Gasteiger partial charge in [-0.1, -0.05) is 64.5 Å². The third-order valence-electron chi connectivity index (χ3n) is 4.09. The summed E-state index contributed by atoms with van der Waals surface area (Å²) in [5, 5.41) is 3.55. The van der Waals surface area contributed by atoms with E-state index in [4.69, 9.17) is 0 Å². The molecule has 0 saturated heterocycles. The van der Waals surface area contributed by atoms with Crippen LogP contribution in [-0.4, -0.2) is 4.57 Å². The van der Waals surface area contributed by atoms with Crippen LogP contribution in [0, 0.1) is 0 Å². The molecule has 0 bridgehead atoms. The van der Waals surface area contributed by atoms with Crippen molar-refractivity contribution in [3.63, 3.8) is 0 Å². The summed E-state index contributed by atoms with van der Waals surface area (Å²) < 4.78 is 3.29. The largest absolute Gasteiger partial charge is 0.354 e. The number of nitrogens with one attached hydrogen (secondary N) is 1. The molecule has 0 aliphatic rings. The van der Waals surface area contributed by atoms with Gasteiger partial charge in [0.15, 0.2) is 0 Å². The zero-order valence-electron chi connectivity index (χ0n) is 13.6. The average Bonchev–Trinajstić information content (AvgIpc) is 3.08. The number of hydrogen-bond acceptors (Lipinski definition) is 1. The summed E-state index contributed by atoms with van der Waals surface area (Å²) in [6.45, 7) is 0. The lowest BCUT2D eigenvalue weighted by Crippen LogP contribution is -1.98. The van der Waals surface area contributed by atoms with E-state index < -0.39 is 0 Å². The third-order valence-corrected chi connectivity index (χ3v) is 4.62. The van der Waals surface area contributed by atoms with E-state index in [1.165, 1.54) is 5.56 Å². The standard InChI is InChI=1S/C22H17BrN2/c23-18-11-13-19(14-12-18)24-21-15-16-25(20-9-5-2-6-10-20)22(21)17-7-3-1-4-8-17/h1-16,24H. The van der Waals surface area contributed by atoms with E-state index in [9.17, 15) is 0 Å². The van der Waals surface area contributed by atoms with Crippen LogP contribution in [0.25, 0.3) is 16.9 Å². The molecule has 0 aliphatic heterocycles. The van der Waals surface area contributed by atoms with Crippen molar-refractivity contribution in [3.8, 4) is 16.9 Å². The molecule has 1 heterocycles. The van der Waals surface area contributed by atoms with E-state index in [1.807, 2.05) is 24.3 Å². The Morgan fingerprint density at radius 1 is 0.680 bits per heavy atom. The molecule has 0 amide bonds. The van der Waals surface area contributed by atoms with E-state index in [0.29, 0.717) is 0 Å². The van der Waals surface area contributed by atoms with Crippen molar-refractivity contribution in [2.75, 3.05) is 5.32 Å². The van der Waals surface area contributed by atoms with Crippen LogP contribution in [0.4, 0.5) is 11.4 Å². The highest BCUT2D eigenvalue weighted by molar-refractivity contribution is 9.10. The van der Waals surface area contributed by atoms with Gasteiger partial charge in [0.25, 0.3) is 0 Å². The second-order valence-electron chi connectivity index (χ2n) is 5.78. The summed E-state index contributed by atoms with van der Waals surface area (Å²) >= 11 is 3.48. The lowest BCUT2D eigenvalue weighted by atomic mass is 10.1. The highest BCUT2D eigenvalue weighted by Gasteiger charge is 2.13. The molecule has 3 aromatic carbocycles. The number of halogens is 1. The van der Waals surface area contributed by atoms with E-state index >= 15 is 0 Å². The van der Waals surface area contributed by atoms with Gasteiger partial charge in [-0.25, -0.2) is 0 Å². The first-order chi connectivity index (χ1) is 12.3. The van der Waals surface area contributed by atoms with E-state index in [1.54, 1.807) is 0 Å². The molecule has 25 heavy (non-hydrogen) atoms. The highest BCUT2D eigenvalue weighted by atomic mass is 79.9. The Bertz CT molecular complexity index is 958. The number of aromatic nitrogens is 1. The van der Waals surface area contributed by atoms with E-state index in [-0.39, 0.29) is 0 Å². The van der Waals surface area contributed by atoms with E-state index in [2.05, 4.69) is 98.7 Å². The SMILES string of the molecule is Brc1ccc(Nc2ccn(-c3ccccc3)c2-c2ccccc2)cc1. The Morgan fingerprint density at radius 2 is 1.32 bits per heavy atom. The molecule has 0 unspecified atom stereocenters. The Hall–Kier alpha value is -2.78. The van der Waals surface area contributed by atoms with Crippen molar-refractivity contribution in [1.82, 2.24) is 4.57 Å². The van der Waals surface area contributed by atoms with Crippen LogP contribution >= 0.6 is 15.9 Å². The molecule has 2 nitrogen and oxygen atoms in total. The van der Waals surface area contributed by atoms with Crippen molar-refractivity contribution in [1.29, 1.82) is 0 Å². The minimum atomic E-state index is 1.06. The fourth-order valence-electron chi connectivity index (χ4n) is 2.92. The minimum absolute atomic E-state index is 1.06. The average molecular weight is 389 g/mol. The molecule has 1 aromatic heterocycles. The van der Waals surface area contributed by atoms with Crippen LogP contribution in [-0.2, 0) is 0 Å². The smallest absolute Gasteiger partial charge is 0.0765 e. The molecule has 4 rings (SSSR count). The maximum Gasteiger partial charge on any atom is 0.0765 e. The summed E-state index contributed by atoms with van der Waals surface area (Å²) in [5.41, 5.74) is 5.61. The van der Waals surface area contributed by atoms with Crippen LogP contribution in [0.5, 0.6) is 0 Å².